The molecule has 28 heavy (non-hydrogen) atoms. The van der Waals surface area contributed by atoms with Gasteiger partial charge in [0.1, 0.15) is 5.69 Å². The van der Waals surface area contributed by atoms with E-state index in [1.807, 2.05) is 46.5 Å². The van der Waals surface area contributed by atoms with Gasteiger partial charge in [-0.05, 0) is 35.9 Å². The normalized spacial score (nSPS) is 10.9. The molecule has 1 N–H and O–H groups in total. The predicted molar refractivity (Wildman–Crippen MR) is 110 cm³/mol. The third-order valence-electron chi connectivity index (χ3n) is 4.11. The van der Waals surface area contributed by atoms with Gasteiger partial charge in [-0.15, -0.1) is 11.3 Å². The number of amides is 2. The first-order valence-corrected chi connectivity index (χ1v) is 9.60. The summed E-state index contributed by atoms with van der Waals surface area (Å²) in [7, 11) is 1.74. The molecule has 7 nitrogen and oxygen atoms in total. The zero-order valence-corrected chi connectivity index (χ0v) is 16.5. The number of pyridine rings is 1. The second-order valence-corrected chi connectivity index (χ2v) is 7.07. The number of likely N-dealkylation sites (N-methyl/N-ethyl adjacent to an activating group) is 1. The number of aromatic nitrogens is 3. The number of carbonyl (C=O) groups is 2. The molecule has 3 aromatic heterocycles. The summed E-state index contributed by atoms with van der Waals surface area (Å²) in [6.45, 7) is 2.62. The molecular formula is C20H21N5O2S. The van der Waals surface area contributed by atoms with Crippen LogP contribution in [0.5, 0.6) is 0 Å². The van der Waals surface area contributed by atoms with Crippen LogP contribution in [0.3, 0.4) is 0 Å². The van der Waals surface area contributed by atoms with Gasteiger partial charge >= 0.3 is 0 Å². The highest BCUT2D eigenvalue weighted by Crippen LogP contribution is 2.18. The topological polar surface area (TPSA) is 80.1 Å². The summed E-state index contributed by atoms with van der Waals surface area (Å²) in [5.41, 5.74) is 2.37. The molecule has 0 fully saturated rings. The van der Waals surface area contributed by atoms with Gasteiger partial charge in [-0.2, -0.15) is 0 Å². The number of carbonyl (C=O) groups excluding carboxylic acids is 2. The third kappa shape index (κ3) is 5.14. The Kier molecular flexibility index (Phi) is 6.33. The average Bonchev–Trinajstić information content (AvgIpc) is 3.32. The summed E-state index contributed by atoms with van der Waals surface area (Å²) < 4.78 is 1.89. The molecule has 0 saturated heterocycles. The van der Waals surface area contributed by atoms with Crippen molar-refractivity contribution in [1.29, 1.82) is 0 Å². The zero-order chi connectivity index (χ0) is 19.9. The number of nitrogens with zero attached hydrogens (tertiary/aromatic N) is 4. The van der Waals surface area contributed by atoms with Crippen LogP contribution in [0, 0.1) is 0 Å². The van der Waals surface area contributed by atoms with Crippen molar-refractivity contribution >= 4 is 34.4 Å². The highest BCUT2D eigenvalue weighted by Gasteiger charge is 2.13. The van der Waals surface area contributed by atoms with E-state index in [-0.39, 0.29) is 11.8 Å². The van der Waals surface area contributed by atoms with Gasteiger partial charge in [0.25, 0.3) is 5.91 Å². The quantitative estimate of drug-likeness (QED) is 0.666. The number of rotatable bonds is 7. The fourth-order valence-corrected chi connectivity index (χ4v) is 3.16. The zero-order valence-electron chi connectivity index (χ0n) is 15.7. The van der Waals surface area contributed by atoms with Gasteiger partial charge in [0.15, 0.2) is 5.13 Å². The van der Waals surface area contributed by atoms with Crippen molar-refractivity contribution in [2.75, 3.05) is 18.9 Å². The van der Waals surface area contributed by atoms with E-state index in [1.165, 1.54) is 18.3 Å². The van der Waals surface area contributed by atoms with E-state index in [2.05, 4.69) is 15.3 Å². The molecule has 3 rings (SSSR count). The van der Waals surface area contributed by atoms with Crippen LogP contribution in [-0.4, -0.2) is 44.8 Å². The van der Waals surface area contributed by atoms with Gasteiger partial charge in [-0.3, -0.25) is 19.9 Å². The van der Waals surface area contributed by atoms with Gasteiger partial charge < -0.3 is 9.47 Å². The minimum atomic E-state index is -0.208. The minimum absolute atomic E-state index is 0.00523. The molecule has 8 heteroatoms. The Balaban J connectivity index is 1.62. The van der Waals surface area contributed by atoms with Crippen LogP contribution in [0.25, 0.3) is 6.08 Å². The van der Waals surface area contributed by atoms with Crippen LogP contribution in [0.4, 0.5) is 5.13 Å². The first-order valence-electron chi connectivity index (χ1n) is 8.72. The van der Waals surface area contributed by atoms with E-state index < -0.39 is 0 Å². The average molecular weight is 395 g/mol. The Morgan fingerprint density at radius 3 is 2.82 bits per heavy atom. The number of anilines is 1. The second-order valence-electron chi connectivity index (χ2n) is 6.21. The lowest BCUT2D eigenvalue weighted by atomic mass is 10.2. The minimum Gasteiger partial charge on any atom is -0.342 e. The molecule has 3 aromatic rings. The fraction of sp³-hybridized carbons (Fsp3) is 0.200. The number of hydrogen-bond donors (Lipinski definition) is 1. The molecule has 0 aliphatic rings. The van der Waals surface area contributed by atoms with E-state index in [0.717, 1.165) is 11.3 Å². The summed E-state index contributed by atoms with van der Waals surface area (Å²) in [5, 5.41) is 5.23. The van der Waals surface area contributed by atoms with E-state index in [0.29, 0.717) is 23.9 Å². The summed E-state index contributed by atoms with van der Waals surface area (Å²) in [6, 6.07) is 7.47. The highest BCUT2D eigenvalue weighted by atomic mass is 32.1. The van der Waals surface area contributed by atoms with Gasteiger partial charge in [0.05, 0.1) is 5.69 Å². The van der Waals surface area contributed by atoms with Crippen molar-refractivity contribution < 1.29 is 9.59 Å². The number of hydrogen-bond acceptors (Lipinski definition) is 5. The fourth-order valence-electron chi connectivity index (χ4n) is 2.48. The lowest BCUT2D eigenvalue weighted by molar-refractivity contribution is -0.127. The molecule has 0 bridgehead atoms. The smallest absolute Gasteiger partial charge is 0.274 e. The molecular weight excluding hydrogens is 374 g/mol. The van der Waals surface area contributed by atoms with Crippen molar-refractivity contribution in [3.63, 3.8) is 0 Å². The van der Waals surface area contributed by atoms with Gasteiger partial charge in [0.2, 0.25) is 5.91 Å². The van der Waals surface area contributed by atoms with Crippen molar-refractivity contribution in [3.8, 4) is 0 Å². The van der Waals surface area contributed by atoms with Crippen molar-refractivity contribution in [3.05, 3.63) is 71.3 Å². The van der Waals surface area contributed by atoms with E-state index in [1.54, 1.807) is 30.4 Å². The van der Waals surface area contributed by atoms with Crippen LogP contribution in [-0.2, 0) is 11.3 Å². The number of thiazole rings is 1. The van der Waals surface area contributed by atoms with Crippen molar-refractivity contribution in [2.24, 2.45) is 0 Å². The molecule has 0 unspecified atom stereocenters. The van der Waals surface area contributed by atoms with E-state index in [4.69, 9.17) is 0 Å². The second kappa shape index (κ2) is 9.09. The van der Waals surface area contributed by atoms with Crippen molar-refractivity contribution in [1.82, 2.24) is 19.4 Å². The predicted octanol–water partition coefficient (Wildman–Crippen LogP) is 3.13. The van der Waals surface area contributed by atoms with Crippen LogP contribution < -0.4 is 5.32 Å². The standard InChI is InChI=1S/C20H21N5O2S/c1-15(26)24(2)11-3-5-17-14-28-20(22-17)23-19(27)18-6-4-12-25(18)13-16-7-9-21-10-8-16/h3-10,12,14H,11,13H2,1-2H3,(H,22,23,27). The first-order chi connectivity index (χ1) is 13.5. The molecule has 0 aliphatic carbocycles. The molecule has 0 radical (unpaired) electrons. The van der Waals surface area contributed by atoms with Crippen LogP contribution in [0.2, 0.25) is 0 Å². The maximum absolute atomic E-state index is 12.6. The van der Waals surface area contributed by atoms with Crippen molar-refractivity contribution in [2.45, 2.75) is 13.5 Å². The summed E-state index contributed by atoms with van der Waals surface area (Å²) >= 11 is 1.36. The van der Waals surface area contributed by atoms with Crippen LogP contribution >= 0.6 is 11.3 Å². The van der Waals surface area contributed by atoms with Gasteiger partial charge in [-0.1, -0.05) is 6.08 Å². The maximum Gasteiger partial charge on any atom is 0.274 e. The molecule has 2 amide bonds. The lowest BCUT2D eigenvalue weighted by Crippen LogP contribution is -2.23. The van der Waals surface area contributed by atoms with E-state index >= 15 is 0 Å². The highest BCUT2D eigenvalue weighted by molar-refractivity contribution is 7.14. The summed E-state index contributed by atoms with van der Waals surface area (Å²) in [6.07, 6.45) is 9.03. The Labute approximate surface area is 167 Å². The molecule has 0 saturated carbocycles. The molecule has 3 heterocycles. The molecule has 0 aromatic carbocycles. The van der Waals surface area contributed by atoms with E-state index in [9.17, 15) is 9.59 Å². The molecule has 0 atom stereocenters. The summed E-state index contributed by atoms with van der Waals surface area (Å²) in [4.78, 5) is 33.8. The first kappa shape index (κ1) is 19.5. The maximum atomic E-state index is 12.6. The third-order valence-corrected chi connectivity index (χ3v) is 4.89. The van der Waals surface area contributed by atoms with Crippen LogP contribution in [0.1, 0.15) is 28.7 Å². The number of nitrogens with one attached hydrogen (secondary N) is 1. The molecule has 0 aliphatic heterocycles. The Hall–Kier alpha value is -3.26. The Morgan fingerprint density at radius 1 is 1.29 bits per heavy atom. The largest absolute Gasteiger partial charge is 0.342 e. The SMILES string of the molecule is CC(=O)N(C)CC=Cc1csc(NC(=O)c2cccn2Cc2ccncc2)n1. The monoisotopic (exact) mass is 395 g/mol. The Bertz CT molecular complexity index is 977. The molecule has 0 spiro atoms. The van der Waals surface area contributed by atoms with Gasteiger partial charge in [0, 0.05) is 51.0 Å². The molecule has 144 valence electrons. The summed E-state index contributed by atoms with van der Waals surface area (Å²) in [5.74, 6) is -0.203. The van der Waals surface area contributed by atoms with Crippen LogP contribution in [0.15, 0.2) is 54.3 Å². The Morgan fingerprint density at radius 2 is 2.07 bits per heavy atom. The van der Waals surface area contributed by atoms with Gasteiger partial charge in [-0.25, -0.2) is 4.98 Å². The lowest BCUT2D eigenvalue weighted by Gasteiger charge is -2.10.